The largest absolute Gasteiger partial charge is 0.354 e. The Labute approximate surface area is 175 Å². The molecule has 2 heterocycles. The Hall–Kier alpha value is -2.23. The van der Waals surface area contributed by atoms with Crippen molar-refractivity contribution in [1.29, 1.82) is 0 Å². The van der Waals surface area contributed by atoms with E-state index in [2.05, 4.69) is 5.32 Å². The molecule has 2 aromatic rings. The predicted molar refractivity (Wildman–Crippen MR) is 112 cm³/mol. The van der Waals surface area contributed by atoms with Crippen molar-refractivity contribution in [2.75, 3.05) is 32.7 Å². The molecule has 2 amide bonds. The molecule has 1 aromatic heterocycles. The number of hydrogen-bond donors (Lipinski definition) is 1. The molecule has 3 rings (SSSR count). The quantitative estimate of drug-likeness (QED) is 0.800. The van der Waals surface area contributed by atoms with E-state index in [4.69, 9.17) is 0 Å². The molecule has 0 spiro atoms. The molecule has 1 aliphatic rings. The van der Waals surface area contributed by atoms with Crippen LogP contribution in [-0.4, -0.2) is 62.2 Å². The van der Waals surface area contributed by atoms with Crippen LogP contribution in [0.2, 0.25) is 0 Å². The number of carbonyl (C=O) groups excluding carboxylic acids is 2. The van der Waals surface area contributed by atoms with Crippen LogP contribution < -0.4 is 5.32 Å². The number of sulfonamides is 1. The summed E-state index contributed by atoms with van der Waals surface area (Å²) in [7, 11) is -3.70. The van der Waals surface area contributed by atoms with Crippen LogP contribution >= 0.6 is 11.3 Å². The first-order valence-corrected chi connectivity index (χ1v) is 11.8. The van der Waals surface area contributed by atoms with E-state index >= 15 is 0 Å². The van der Waals surface area contributed by atoms with E-state index in [0.29, 0.717) is 30.9 Å². The predicted octanol–water partition coefficient (Wildman–Crippen LogP) is 2.10. The molecule has 1 N–H and O–H groups in total. The fourth-order valence-electron chi connectivity index (χ4n) is 3.20. The van der Waals surface area contributed by atoms with Crippen molar-refractivity contribution >= 4 is 33.2 Å². The van der Waals surface area contributed by atoms with Gasteiger partial charge in [0.2, 0.25) is 15.9 Å². The minimum atomic E-state index is -3.70. The van der Waals surface area contributed by atoms with Crippen molar-refractivity contribution in [2.45, 2.75) is 24.7 Å². The highest BCUT2D eigenvalue weighted by molar-refractivity contribution is 7.89. The molecular weight excluding hydrogens is 410 g/mol. The Balaban J connectivity index is 1.77. The van der Waals surface area contributed by atoms with Gasteiger partial charge >= 0.3 is 0 Å². The van der Waals surface area contributed by atoms with E-state index < -0.39 is 10.0 Å². The maximum atomic E-state index is 13.0. The Bertz CT molecular complexity index is 957. The van der Waals surface area contributed by atoms with Gasteiger partial charge in [-0.1, -0.05) is 18.2 Å². The van der Waals surface area contributed by atoms with E-state index in [1.807, 2.05) is 13.0 Å². The Morgan fingerprint density at radius 3 is 2.48 bits per heavy atom. The summed E-state index contributed by atoms with van der Waals surface area (Å²) in [6.45, 7) is 3.47. The van der Waals surface area contributed by atoms with E-state index in [1.165, 1.54) is 15.6 Å². The second-order valence-corrected chi connectivity index (χ2v) is 10.1. The number of carbonyl (C=O) groups is 2. The average molecular weight is 436 g/mol. The normalized spacial score (nSPS) is 17.4. The summed E-state index contributed by atoms with van der Waals surface area (Å²) in [5.41, 5.74) is 0. The molecule has 1 saturated heterocycles. The molecule has 0 saturated carbocycles. The fraction of sp³-hybridized carbons (Fsp3) is 0.400. The molecule has 0 bridgehead atoms. The first-order chi connectivity index (χ1) is 13.9. The summed E-state index contributed by atoms with van der Waals surface area (Å²) in [6.07, 6.45) is 0.584. The molecule has 29 heavy (non-hydrogen) atoms. The molecule has 156 valence electrons. The van der Waals surface area contributed by atoms with Gasteiger partial charge in [-0.25, -0.2) is 8.42 Å². The van der Waals surface area contributed by atoms with E-state index in [1.54, 1.807) is 41.3 Å². The number of aryl methyl sites for hydroxylation is 1. The summed E-state index contributed by atoms with van der Waals surface area (Å²) < 4.78 is 27.3. The van der Waals surface area contributed by atoms with E-state index in [9.17, 15) is 18.0 Å². The summed E-state index contributed by atoms with van der Waals surface area (Å²) in [5, 5.41) is 2.78. The van der Waals surface area contributed by atoms with Gasteiger partial charge in [0.15, 0.2) is 0 Å². The molecule has 0 atom stereocenters. The van der Waals surface area contributed by atoms with Gasteiger partial charge in [0.1, 0.15) is 0 Å². The molecule has 0 unspecified atom stereocenters. The van der Waals surface area contributed by atoms with Gasteiger partial charge in [-0.05, 0) is 37.6 Å². The van der Waals surface area contributed by atoms with Crippen LogP contribution in [0.15, 0.2) is 47.4 Å². The number of rotatable bonds is 3. The van der Waals surface area contributed by atoms with Crippen LogP contribution in [0.1, 0.15) is 27.4 Å². The first kappa shape index (κ1) is 21.5. The third-order valence-electron chi connectivity index (χ3n) is 4.75. The van der Waals surface area contributed by atoms with Gasteiger partial charge in [-0.15, -0.1) is 11.3 Å². The monoisotopic (exact) mass is 435 g/mol. The lowest BCUT2D eigenvalue weighted by Gasteiger charge is -2.24. The van der Waals surface area contributed by atoms with Crippen LogP contribution in [-0.2, 0) is 14.8 Å². The van der Waals surface area contributed by atoms with Gasteiger partial charge < -0.3 is 10.2 Å². The van der Waals surface area contributed by atoms with Crippen molar-refractivity contribution in [1.82, 2.24) is 14.5 Å². The van der Waals surface area contributed by atoms with Crippen LogP contribution in [0.25, 0.3) is 0 Å². The number of thiophene rings is 1. The Kier molecular flexibility index (Phi) is 7.05. The zero-order valence-corrected chi connectivity index (χ0v) is 18.0. The van der Waals surface area contributed by atoms with Crippen molar-refractivity contribution in [2.24, 2.45) is 0 Å². The second kappa shape index (κ2) is 9.51. The summed E-state index contributed by atoms with van der Waals surface area (Å²) in [5.74, 6) is -0.311. The lowest BCUT2D eigenvalue weighted by molar-refractivity contribution is -0.121. The molecule has 1 fully saturated rings. The molecule has 0 aliphatic carbocycles. The van der Waals surface area contributed by atoms with E-state index in [-0.39, 0.29) is 36.2 Å². The summed E-state index contributed by atoms with van der Waals surface area (Å²) >= 11 is 1.43. The van der Waals surface area contributed by atoms with Gasteiger partial charge in [-0.3, -0.25) is 9.59 Å². The number of nitrogens with zero attached hydrogens (tertiary/aromatic N) is 2. The average Bonchev–Trinajstić information content (AvgIpc) is 3.13. The molecule has 9 heteroatoms. The fourth-order valence-corrected chi connectivity index (χ4v) is 5.53. The smallest absolute Gasteiger partial charge is 0.263 e. The highest BCUT2D eigenvalue weighted by atomic mass is 32.2. The zero-order valence-electron chi connectivity index (χ0n) is 16.3. The minimum Gasteiger partial charge on any atom is -0.354 e. The SMILES string of the molecule is Cc1ccc(C(=O)N2CCCN(S(=O)(=O)c3ccccc3)CCC(=O)NCC2)s1. The molecular formula is C20H25N3O4S2. The lowest BCUT2D eigenvalue weighted by Crippen LogP contribution is -2.38. The highest BCUT2D eigenvalue weighted by Crippen LogP contribution is 2.19. The van der Waals surface area contributed by atoms with Crippen molar-refractivity contribution in [3.05, 3.63) is 52.2 Å². The maximum Gasteiger partial charge on any atom is 0.263 e. The van der Waals surface area contributed by atoms with Crippen LogP contribution in [0.4, 0.5) is 0 Å². The maximum absolute atomic E-state index is 13.0. The Morgan fingerprint density at radius 1 is 1.03 bits per heavy atom. The summed E-state index contributed by atoms with van der Waals surface area (Å²) in [6, 6.07) is 11.9. The third kappa shape index (κ3) is 5.43. The third-order valence-corrected chi connectivity index (χ3v) is 7.65. The first-order valence-electron chi connectivity index (χ1n) is 9.55. The number of benzene rings is 1. The van der Waals surface area contributed by atoms with Crippen LogP contribution in [0.5, 0.6) is 0 Å². The van der Waals surface area contributed by atoms with Gasteiger partial charge in [0, 0.05) is 44.0 Å². The zero-order chi connectivity index (χ0) is 20.9. The topological polar surface area (TPSA) is 86.8 Å². The molecule has 1 aromatic carbocycles. The number of nitrogens with one attached hydrogen (secondary N) is 1. The van der Waals surface area contributed by atoms with Crippen LogP contribution in [0.3, 0.4) is 0 Å². The van der Waals surface area contributed by atoms with Crippen molar-refractivity contribution in [3.63, 3.8) is 0 Å². The molecule has 0 radical (unpaired) electrons. The highest BCUT2D eigenvalue weighted by Gasteiger charge is 2.26. The van der Waals surface area contributed by atoms with Gasteiger partial charge in [0.25, 0.3) is 5.91 Å². The van der Waals surface area contributed by atoms with Gasteiger partial charge in [0.05, 0.1) is 9.77 Å². The number of hydrogen-bond acceptors (Lipinski definition) is 5. The standard InChI is InChI=1S/C20H25N3O4S2/c1-16-8-9-18(28-16)20(25)22-12-5-13-23(14-10-19(24)21-11-15-22)29(26,27)17-6-3-2-4-7-17/h2-4,6-9H,5,10-15H2,1H3,(H,21,24). The van der Waals surface area contributed by atoms with Crippen LogP contribution in [0, 0.1) is 6.92 Å². The number of amides is 2. The van der Waals surface area contributed by atoms with Gasteiger partial charge in [-0.2, -0.15) is 4.31 Å². The minimum absolute atomic E-state index is 0.0874. The molecule has 7 nitrogen and oxygen atoms in total. The van der Waals surface area contributed by atoms with Crippen molar-refractivity contribution in [3.8, 4) is 0 Å². The van der Waals surface area contributed by atoms with Crippen molar-refractivity contribution < 1.29 is 18.0 Å². The Morgan fingerprint density at radius 2 is 1.79 bits per heavy atom. The lowest BCUT2D eigenvalue weighted by atomic mass is 10.3. The molecule has 1 aliphatic heterocycles. The van der Waals surface area contributed by atoms with E-state index in [0.717, 1.165) is 4.88 Å². The summed E-state index contributed by atoms with van der Waals surface area (Å²) in [4.78, 5) is 28.6. The second-order valence-electron chi connectivity index (χ2n) is 6.87.